The van der Waals surface area contributed by atoms with Crippen molar-refractivity contribution < 1.29 is 0 Å². The lowest BCUT2D eigenvalue weighted by Crippen LogP contribution is -2.61. The van der Waals surface area contributed by atoms with E-state index >= 15 is 0 Å². The van der Waals surface area contributed by atoms with Gasteiger partial charge in [0.05, 0.1) is 0 Å². The molecule has 0 radical (unpaired) electrons. The summed E-state index contributed by atoms with van der Waals surface area (Å²) in [7, 11) is 0. The van der Waals surface area contributed by atoms with Crippen LogP contribution in [-0.2, 0) is 0 Å². The van der Waals surface area contributed by atoms with Gasteiger partial charge in [0.1, 0.15) is 0 Å². The van der Waals surface area contributed by atoms with Crippen LogP contribution in [0.5, 0.6) is 0 Å². The number of hydrogen-bond acceptors (Lipinski definition) is 0. The highest BCUT2D eigenvalue weighted by molar-refractivity contribution is 5.38. The highest BCUT2D eigenvalue weighted by Gasteiger charge is 2.67. The molecule has 0 heterocycles. The zero-order chi connectivity index (χ0) is 28.2. The largest absolute Gasteiger partial charge is 0.0836 e. The van der Waals surface area contributed by atoms with Gasteiger partial charge in [-0.05, 0) is 140 Å². The average Bonchev–Trinajstić information content (AvgIpc) is 2.84. The number of hydrogen-bond donors (Lipinski definition) is 0. The second-order valence-corrected chi connectivity index (χ2v) is 17.6. The summed E-state index contributed by atoms with van der Waals surface area (Å²) in [5.41, 5.74) is 7.59. The molecule has 0 aliphatic heterocycles. The zero-order valence-corrected chi connectivity index (χ0v) is 27.6. The van der Waals surface area contributed by atoms with Crippen LogP contribution in [0.2, 0.25) is 0 Å². The average molecular weight is 531 g/mol. The molecule has 6 unspecified atom stereocenters. The van der Waals surface area contributed by atoms with Crippen molar-refractivity contribution in [3.63, 3.8) is 0 Å². The molecule has 39 heavy (non-hydrogen) atoms. The van der Waals surface area contributed by atoms with Crippen molar-refractivity contribution >= 4 is 0 Å². The first-order valence-electron chi connectivity index (χ1n) is 17.4. The SMILES string of the molecule is CCCC1C2=CC(C2)C[C@@]1(C)C1CCC2C(=CC[C@]34C=C(C)C[C@]([C@H](C)C(C)C)(CCC23C)C4)C1(C)C(C)C. The molecule has 7 aliphatic carbocycles. The zero-order valence-electron chi connectivity index (χ0n) is 27.6. The van der Waals surface area contributed by atoms with Crippen LogP contribution in [0, 0.1) is 68.5 Å². The van der Waals surface area contributed by atoms with Gasteiger partial charge in [0.15, 0.2) is 0 Å². The molecule has 3 saturated carbocycles. The molecule has 10 atom stereocenters. The highest BCUT2D eigenvalue weighted by atomic mass is 14.7. The van der Waals surface area contributed by atoms with Crippen LogP contribution >= 0.6 is 0 Å². The van der Waals surface area contributed by atoms with Gasteiger partial charge in [-0.25, -0.2) is 0 Å². The van der Waals surface area contributed by atoms with Crippen LogP contribution < -0.4 is 0 Å². The molecule has 4 bridgehead atoms. The lowest BCUT2D eigenvalue weighted by molar-refractivity contribution is -0.133. The molecule has 1 spiro atoms. The Balaban J connectivity index is 1.42. The molecule has 0 heteroatoms. The molecule has 0 saturated heterocycles. The van der Waals surface area contributed by atoms with Crippen LogP contribution in [-0.4, -0.2) is 0 Å². The van der Waals surface area contributed by atoms with Gasteiger partial charge in [0, 0.05) is 0 Å². The quantitative estimate of drug-likeness (QED) is 0.299. The Labute approximate surface area is 243 Å². The van der Waals surface area contributed by atoms with Crippen molar-refractivity contribution in [2.75, 3.05) is 0 Å². The third kappa shape index (κ3) is 3.67. The Kier molecular flexibility index (Phi) is 6.62. The Bertz CT molecular complexity index is 1080. The molecule has 0 nitrogen and oxygen atoms in total. The first kappa shape index (κ1) is 28.3. The van der Waals surface area contributed by atoms with Crippen molar-refractivity contribution in [2.45, 2.75) is 140 Å². The molecular weight excluding hydrogens is 468 g/mol. The molecule has 0 amide bonds. The summed E-state index contributed by atoms with van der Waals surface area (Å²) in [6.45, 7) is 26.0. The summed E-state index contributed by atoms with van der Waals surface area (Å²) in [6, 6.07) is 0. The van der Waals surface area contributed by atoms with Gasteiger partial charge >= 0.3 is 0 Å². The standard InChI is InChI=1S/C39H62/c1-11-12-31-30-19-29(20-30)23-35(31,8)34-14-13-32-33(37(34,10)26(4)5)15-16-39-22-27(6)21-38(24-39,28(7)25(2)3)18-17-36(32,39)9/h15,19,22,25-26,28-29,31-32,34H,11-14,16-18,20-21,23-24H2,1-10H3/t28-,29?,31?,32?,34?,35-,36?,37?,38-,39-/m1/s1. The van der Waals surface area contributed by atoms with E-state index in [1.807, 2.05) is 11.1 Å². The molecule has 7 rings (SSSR count). The fourth-order valence-electron chi connectivity index (χ4n) is 13.0. The lowest BCUT2D eigenvalue weighted by atomic mass is 9.34. The number of allylic oxidation sites excluding steroid dienone is 6. The van der Waals surface area contributed by atoms with Crippen LogP contribution in [0.4, 0.5) is 0 Å². The van der Waals surface area contributed by atoms with E-state index in [2.05, 4.69) is 87.5 Å². The summed E-state index contributed by atoms with van der Waals surface area (Å²) >= 11 is 0. The third-order valence-corrected chi connectivity index (χ3v) is 15.5. The minimum absolute atomic E-state index is 0.325. The molecule has 0 N–H and O–H groups in total. The predicted octanol–water partition coefficient (Wildman–Crippen LogP) is 11.6. The summed E-state index contributed by atoms with van der Waals surface area (Å²) in [5, 5.41) is 0. The van der Waals surface area contributed by atoms with Crippen LogP contribution in [0.25, 0.3) is 0 Å². The minimum Gasteiger partial charge on any atom is -0.0836 e. The molecule has 3 fully saturated rings. The maximum atomic E-state index is 2.89. The van der Waals surface area contributed by atoms with Crippen LogP contribution in [0.15, 0.2) is 34.9 Å². The van der Waals surface area contributed by atoms with E-state index in [-0.39, 0.29) is 0 Å². The summed E-state index contributed by atoms with van der Waals surface area (Å²) in [5.74, 6) is 5.59. The van der Waals surface area contributed by atoms with E-state index in [0.717, 1.165) is 35.5 Å². The Morgan fingerprint density at radius 3 is 2.36 bits per heavy atom. The lowest BCUT2D eigenvalue weighted by Gasteiger charge is -2.70. The van der Waals surface area contributed by atoms with Gasteiger partial charge in [-0.15, -0.1) is 0 Å². The van der Waals surface area contributed by atoms with Crippen LogP contribution in [0.1, 0.15) is 140 Å². The number of fused-ring (bicyclic) bond motifs is 5. The van der Waals surface area contributed by atoms with E-state index in [0.29, 0.717) is 33.0 Å². The predicted molar refractivity (Wildman–Crippen MR) is 168 cm³/mol. The summed E-state index contributed by atoms with van der Waals surface area (Å²) < 4.78 is 0. The third-order valence-electron chi connectivity index (χ3n) is 15.5. The fourth-order valence-corrected chi connectivity index (χ4v) is 13.0. The van der Waals surface area contributed by atoms with E-state index in [1.165, 1.54) is 70.6 Å². The van der Waals surface area contributed by atoms with E-state index < -0.39 is 0 Å². The van der Waals surface area contributed by atoms with Gasteiger partial charge < -0.3 is 0 Å². The van der Waals surface area contributed by atoms with Crippen molar-refractivity contribution in [1.29, 1.82) is 0 Å². The second kappa shape index (κ2) is 9.11. The Hall–Kier alpha value is -0.780. The Morgan fingerprint density at radius 2 is 1.72 bits per heavy atom. The van der Waals surface area contributed by atoms with Crippen LogP contribution in [0.3, 0.4) is 0 Å². The smallest absolute Gasteiger partial charge is 0.00162 e. The maximum absolute atomic E-state index is 2.89. The molecule has 0 aromatic rings. The molecule has 0 aromatic carbocycles. The van der Waals surface area contributed by atoms with Gasteiger partial charge in [-0.3, -0.25) is 0 Å². The first-order valence-corrected chi connectivity index (χ1v) is 17.4. The Morgan fingerprint density at radius 1 is 1.00 bits per heavy atom. The first-order chi connectivity index (χ1) is 18.3. The van der Waals surface area contributed by atoms with Crippen molar-refractivity contribution in [1.82, 2.24) is 0 Å². The number of rotatable bonds is 6. The summed E-state index contributed by atoms with van der Waals surface area (Å²) in [4.78, 5) is 0. The van der Waals surface area contributed by atoms with E-state index in [4.69, 9.17) is 0 Å². The van der Waals surface area contributed by atoms with Gasteiger partial charge in [0.2, 0.25) is 0 Å². The van der Waals surface area contributed by atoms with E-state index in [9.17, 15) is 0 Å². The highest BCUT2D eigenvalue weighted by Crippen LogP contribution is 2.75. The molecule has 218 valence electrons. The minimum atomic E-state index is 0.325. The van der Waals surface area contributed by atoms with Crippen molar-refractivity contribution in [2.24, 2.45) is 68.5 Å². The normalized spacial score (nSPS) is 49.4. The van der Waals surface area contributed by atoms with Gasteiger partial charge in [0.25, 0.3) is 0 Å². The van der Waals surface area contributed by atoms with Gasteiger partial charge in [-0.1, -0.05) is 104 Å². The second-order valence-electron chi connectivity index (χ2n) is 17.6. The van der Waals surface area contributed by atoms with Crippen molar-refractivity contribution in [3.05, 3.63) is 34.9 Å². The van der Waals surface area contributed by atoms with Gasteiger partial charge in [-0.2, -0.15) is 0 Å². The molecule has 0 aromatic heterocycles. The summed E-state index contributed by atoms with van der Waals surface area (Å²) in [6.07, 6.45) is 23.9. The fraction of sp³-hybridized carbons (Fsp3) is 0.846. The molecule has 7 aliphatic rings. The molecular formula is C39H62. The maximum Gasteiger partial charge on any atom is -0.00162 e. The monoisotopic (exact) mass is 530 g/mol. The topological polar surface area (TPSA) is 0 Å². The van der Waals surface area contributed by atoms with E-state index in [1.54, 1.807) is 5.57 Å². The van der Waals surface area contributed by atoms with Crippen molar-refractivity contribution in [3.8, 4) is 0 Å².